The monoisotopic (exact) mass is 452 g/mol. The number of carbonyl (C=O) groups excluding carboxylic acids is 1. The lowest BCUT2D eigenvalue weighted by Crippen LogP contribution is -2.50. The highest BCUT2D eigenvalue weighted by atomic mass is 32.2. The summed E-state index contributed by atoms with van der Waals surface area (Å²) in [6.07, 6.45) is -4.77. The summed E-state index contributed by atoms with van der Waals surface area (Å²) in [7, 11) is 0. The third-order valence-corrected chi connectivity index (χ3v) is 5.81. The van der Waals surface area contributed by atoms with Crippen molar-refractivity contribution < 1.29 is 22.7 Å². The Morgan fingerprint density at radius 1 is 1.00 bits per heavy atom. The molecule has 0 N–H and O–H groups in total. The molecule has 1 amide bonds. The van der Waals surface area contributed by atoms with E-state index in [-0.39, 0.29) is 6.09 Å². The van der Waals surface area contributed by atoms with Crippen LogP contribution >= 0.6 is 11.8 Å². The van der Waals surface area contributed by atoms with Gasteiger partial charge in [-0.2, -0.15) is 13.2 Å². The molecular weight excluding hydrogens is 425 g/mol. The fraction of sp³-hybridized carbons (Fsp3) is 0.435. The summed E-state index contributed by atoms with van der Waals surface area (Å²) in [6, 6.07) is 11.6. The third-order valence-electron chi connectivity index (χ3n) is 4.78. The van der Waals surface area contributed by atoms with E-state index in [2.05, 4.69) is 0 Å². The molecule has 0 unspecified atom stereocenters. The first kappa shape index (κ1) is 23.3. The van der Waals surface area contributed by atoms with Crippen LogP contribution in [0.2, 0.25) is 0 Å². The van der Waals surface area contributed by atoms with Crippen molar-refractivity contribution in [3.05, 3.63) is 53.6 Å². The van der Waals surface area contributed by atoms with E-state index in [1.54, 1.807) is 4.90 Å². The fourth-order valence-corrected chi connectivity index (χ4v) is 4.43. The standard InChI is InChI=1S/C23H27F3N2O2S/c1-16-6-5-7-18(14-16)31-20-15-17(23(24,25)26)8-9-19(20)27-10-12-28(13-11-27)21(29)30-22(2,3)4/h5-9,14-15H,10-13H2,1-4H3. The predicted octanol–water partition coefficient (Wildman–Crippen LogP) is 6.22. The van der Waals surface area contributed by atoms with Crippen LogP contribution in [0.5, 0.6) is 0 Å². The maximum absolute atomic E-state index is 13.3. The normalized spacial score (nSPS) is 15.2. The van der Waals surface area contributed by atoms with E-state index in [1.807, 2.05) is 56.9 Å². The van der Waals surface area contributed by atoms with Crippen LogP contribution in [0.4, 0.5) is 23.7 Å². The van der Waals surface area contributed by atoms with Crippen molar-refractivity contribution in [2.75, 3.05) is 31.1 Å². The van der Waals surface area contributed by atoms with E-state index in [9.17, 15) is 18.0 Å². The first-order chi connectivity index (χ1) is 14.4. The van der Waals surface area contributed by atoms with Gasteiger partial charge in [0.15, 0.2) is 0 Å². The summed E-state index contributed by atoms with van der Waals surface area (Å²) in [4.78, 5) is 17.4. The molecule has 1 aliphatic rings. The molecular formula is C23H27F3N2O2S. The van der Waals surface area contributed by atoms with Gasteiger partial charge in [-0.1, -0.05) is 29.5 Å². The van der Waals surface area contributed by atoms with Crippen molar-refractivity contribution in [3.63, 3.8) is 0 Å². The molecule has 0 spiro atoms. The van der Waals surface area contributed by atoms with Gasteiger partial charge in [-0.15, -0.1) is 0 Å². The molecule has 168 valence electrons. The number of aryl methyl sites for hydroxylation is 1. The van der Waals surface area contributed by atoms with E-state index < -0.39 is 17.3 Å². The molecule has 1 aliphatic heterocycles. The quantitative estimate of drug-likeness (QED) is 0.553. The maximum atomic E-state index is 13.3. The van der Waals surface area contributed by atoms with Gasteiger partial charge in [0.25, 0.3) is 0 Å². The first-order valence-electron chi connectivity index (χ1n) is 10.1. The van der Waals surface area contributed by atoms with Crippen LogP contribution in [0.25, 0.3) is 0 Å². The molecule has 0 radical (unpaired) electrons. The lowest BCUT2D eigenvalue weighted by atomic mass is 10.1. The largest absolute Gasteiger partial charge is 0.444 e. The zero-order valence-corrected chi connectivity index (χ0v) is 18.9. The molecule has 2 aromatic rings. The summed E-state index contributed by atoms with van der Waals surface area (Å²) >= 11 is 1.32. The van der Waals surface area contributed by atoms with E-state index >= 15 is 0 Å². The van der Waals surface area contributed by atoms with Crippen LogP contribution in [0.15, 0.2) is 52.3 Å². The number of hydrogen-bond donors (Lipinski definition) is 0. The highest BCUT2D eigenvalue weighted by Crippen LogP contribution is 2.40. The number of rotatable bonds is 3. The average molecular weight is 453 g/mol. The molecule has 2 aromatic carbocycles. The molecule has 0 saturated carbocycles. The molecule has 0 bridgehead atoms. The molecule has 0 aliphatic carbocycles. The zero-order chi connectivity index (χ0) is 22.8. The SMILES string of the molecule is Cc1cccc(Sc2cc(C(F)(F)F)ccc2N2CCN(C(=O)OC(C)(C)C)CC2)c1. The van der Waals surface area contributed by atoms with Gasteiger partial charge < -0.3 is 14.5 Å². The molecule has 1 heterocycles. The topological polar surface area (TPSA) is 32.8 Å². The van der Waals surface area contributed by atoms with Crippen molar-refractivity contribution in [2.24, 2.45) is 0 Å². The second kappa shape index (κ2) is 9.02. The molecule has 1 fully saturated rings. The maximum Gasteiger partial charge on any atom is 0.416 e. The number of alkyl halides is 3. The van der Waals surface area contributed by atoms with Crippen molar-refractivity contribution in [2.45, 2.75) is 49.3 Å². The second-order valence-corrected chi connectivity index (χ2v) is 9.67. The van der Waals surface area contributed by atoms with E-state index in [1.165, 1.54) is 23.9 Å². The van der Waals surface area contributed by atoms with Gasteiger partial charge in [0, 0.05) is 36.0 Å². The van der Waals surface area contributed by atoms with Gasteiger partial charge in [-0.25, -0.2) is 4.79 Å². The van der Waals surface area contributed by atoms with Crippen LogP contribution in [-0.2, 0) is 10.9 Å². The van der Waals surface area contributed by atoms with E-state index in [0.717, 1.165) is 22.2 Å². The second-order valence-electron chi connectivity index (χ2n) is 8.55. The van der Waals surface area contributed by atoms with Crippen molar-refractivity contribution >= 4 is 23.5 Å². The number of carbonyl (C=O) groups is 1. The number of ether oxygens (including phenoxy) is 1. The highest BCUT2D eigenvalue weighted by molar-refractivity contribution is 7.99. The zero-order valence-electron chi connectivity index (χ0n) is 18.1. The van der Waals surface area contributed by atoms with Crippen LogP contribution < -0.4 is 4.90 Å². The van der Waals surface area contributed by atoms with E-state index in [4.69, 9.17) is 4.74 Å². The summed E-state index contributed by atoms with van der Waals surface area (Å²) in [5.41, 5.74) is 0.547. The van der Waals surface area contributed by atoms with Crippen LogP contribution in [0.1, 0.15) is 31.9 Å². The number of nitrogens with zero attached hydrogens (tertiary/aromatic N) is 2. The van der Waals surface area contributed by atoms with Gasteiger partial charge in [0.2, 0.25) is 0 Å². The number of hydrogen-bond acceptors (Lipinski definition) is 4. The minimum Gasteiger partial charge on any atom is -0.444 e. The number of amides is 1. The Balaban J connectivity index is 1.81. The van der Waals surface area contributed by atoms with E-state index in [0.29, 0.717) is 31.1 Å². The minimum atomic E-state index is -4.41. The van der Waals surface area contributed by atoms with Crippen molar-refractivity contribution in [1.29, 1.82) is 0 Å². The van der Waals surface area contributed by atoms with Gasteiger partial charge in [0.1, 0.15) is 5.60 Å². The molecule has 31 heavy (non-hydrogen) atoms. The predicted molar refractivity (Wildman–Crippen MR) is 117 cm³/mol. The summed E-state index contributed by atoms with van der Waals surface area (Å²) in [5.74, 6) is 0. The minimum absolute atomic E-state index is 0.367. The summed E-state index contributed by atoms with van der Waals surface area (Å²) < 4.78 is 45.4. The number of halogens is 3. The van der Waals surface area contributed by atoms with Gasteiger partial charge in [0.05, 0.1) is 11.3 Å². The lowest BCUT2D eigenvalue weighted by molar-refractivity contribution is -0.137. The van der Waals surface area contributed by atoms with Gasteiger partial charge >= 0.3 is 12.3 Å². The molecule has 0 atom stereocenters. The van der Waals surface area contributed by atoms with Crippen LogP contribution in [-0.4, -0.2) is 42.8 Å². The Bertz CT molecular complexity index is 933. The Kier molecular flexibility index (Phi) is 6.79. The summed E-state index contributed by atoms with van der Waals surface area (Å²) in [5, 5.41) is 0. The number of anilines is 1. The Hall–Kier alpha value is -2.35. The van der Waals surface area contributed by atoms with Crippen LogP contribution in [0, 0.1) is 6.92 Å². The number of piperazine rings is 1. The smallest absolute Gasteiger partial charge is 0.416 e. The molecule has 0 aromatic heterocycles. The summed E-state index contributed by atoms with van der Waals surface area (Å²) in [6.45, 7) is 9.34. The van der Waals surface area contributed by atoms with Crippen molar-refractivity contribution in [1.82, 2.24) is 4.90 Å². The fourth-order valence-electron chi connectivity index (χ4n) is 3.30. The average Bonchev–Trinajstić information content (AvgIpc) is 2.66. The highest BCUT2D eigenvalue weighted by Gasteiger charge is 2.32. The van der Waals surface area contributed by atoms with Crippen LogP contribution in [0.3, 0.4) is 0 Å². The molecule has 1 saturated heterocycles. The molecule has 3 rings (SSSR count). The Morgan fingerprint density at radius 3 is 2.26 bits per heavy atom. The van der Waals surface area contributed by atoms with Gasteiger partial charge in [-0.05, 0) is 58.0 Å². The van der Waals surface area contributed by atoms with Crippen molar-refractivity contribution in [3.8, 4) is 0 Å². The lowest BCUT2D eigenvalue weighted by Gasteiger charge is -2.37. The van der Waals surface area contributed by atoms with Gasteiger partial charge in [-0.3, -0.25) is 0 Å². The first-order valence-corrected chi connectivity index (χ1v) is 10.9. The molecule has 8 heteroatoms. The third kappa shape index (κ3) is 6.32. The Labute approximate surface area is 185 Å². The molecule has 4 nitrogen and oxygen atoms in total. The number of benzene rings is 2. The Morgan fingerprint density at radius 2 is 1.68 bits per heavy atom.